The molecule has 1 saturated heterocycles. The summed E-state index contributed by atoms with van der Waals surface area (Å²) in [6.45, 7) is 8.32. The van der Waals surface area contributed by atoms with Crippen LogP contribution in [0.25, 0.3) is 5.57 Å². The summed E-state index contributed by atoms with van der Waals surface area (Å²) in [7, 11) is 0. The van der Waals surface area contributed by atoms with Gasteiger partial charge in [0.25, 0.3) is 11.8 Å². The van der Waals surface area contributed by atoms with E-state index in [9.17, 15) is 22.8 Å². The average molecular weight is 458 g/mol. The van der Waals surface area contributed by atoms with Gasteiger partial charge in [0.1, 0.15) is 5.70 Å². The van der Waals surface area contributed by atoms with Crippen molar-refractivity contribution in [3.63, 3.8) is 0 Å². The van der Waals surface area contributed by atoms with Gasteiger partial charge < -0.3 is 9.64 Å². The summed E-state index contributed by atoms with van der Waals surface area (Å²) in [5.41, 5.74) is 1.78. The summed E-state index contributed by atoms with van der Waals surface area (Å²) in [6.07, 6.45) is -4.94. The second-order valence-corrected chi connectivity index (χ2v) is 8.70. The number of rotatable bonds is 3. The van der Waals surface area contributed by atoms with Gasteiger partial charge in [-0.15, -0.1) is 0 Å². The summed E-state index contributed by atoms with van der Waals surface area (Å²) in [5, 5.41) is 0. The number of aryl methyl sites for hydroxylation is 2. The van der Waals surface area contributed by atoms with Gasteiger partial charge in [-0.1, -0.05) is 29.8 Å². The van der Waals surface area contributed by atoms with Crippen LogP contribution in [0.2, 0.25) is 0 Å². The van der Waals surface area contributed by atoms with Crippen molar-refractivity contribution in [2.45, 2.75) is 46.1 Å². The lowest BCUT2D eigenvalue weighted by molar-refractivity contribution is -0.137. The summed E-state index contributed by atoms with van der Waals surface area (Å²) >= 11 is 0. The first-order valence-corrected chi connectivity index (χ1v) is 10.8. The van der Waals surface area contributed by atoms with E-state index in [0.717, 1.165) is 28.2 Å². The zero-order valence-corrected chi connectivity index (χ0v) is 18.9. The number of benzene rings is 2. The fourth-order valence-electron chi connectivity index (χ4n) is 4.56. The molecule has 174 valence electrons. The third-order valence-electron chi connectivity index (χ3n) is 5.88. The first kappa shape index (κ1) is 23.0. The van der Waals surface area contributed by atoms with Crippen molar-refractivity contribution >= 4 is 23.1 Å². The van der Waals surface area contributed by atoms with E-state index in [4.69, 9.17) is 4.74 Å². The van der Waals surface area contributed by atoms with E-state index < -0.39 is 23.6 Å². The molecule has 8 heteroatoms. The molecule has 2 aliphatic heterocycles. The maximum Gasteiger partial charge on any atom is 0.416 e. The Morgan fingerprint density at radius 2 is 1.61 bits per heavy atom. The number of carbonyl (C=O) groups is 2. The Hall–Kier alpha value is -3.13. The lowest BCUT2D eigenvalue weighted by atomic mass is 9.97. The summed E-state index contributed by atoms with van der Waals surface area (Å²) < 4.78 is 45.7. The third kappa shape index (κ3) is 4.27. The molecule has 4 rings (SSSR count). The van der Waals surface area contributed by atoms with E-state index in [0.29, 0.717) is 18.7 Å². The molecule has 0 spiro atoms. The number of carbonyl (C=O) groups excluding carboxylic acids is 2. The van der Waals surface area contributed by atoms with Gasteiger partial charge in [0.05, 0.1) is 29.0 Å². The Bertz CT molecular complexity index is 1150. The quantitative estimate of drug-likeness (QED) is 0.625. The van der Waals surface area contributed by atoms with Gasteiger partial charge in [0.2, 0.25) is 0 Å². The van der Waals surface area contributed by atoms with Crippen LogP contribution < -0.4 is 4.90 Å². The number of nitrogens with zero attached hydrogens (tertiary/aromatic N) is 2. The summed E-state index contributed by atoms with van der Waals surface area (Å²) in [4.78, 5) is 29.9. The van der Waals surface area contributed by atoms with Crippen LogP contribution in [-0.4, -0.2) is 42.0 Å². The van der Waals surface area contributed by atoms with E-state index in [1.807, 2.05) is 44.7 Å². The molecule has 2 heterocycles. The lowest BCUT2D eigenvalue weighted by Crippen LogP contribution is -2.47. The lowest BCUT2D eigenvalue weighted by Gasteiger charge is -2.37. The van der Waals surface area contributed by atoms with Crippen molar-refractivity contribution < 1.29 is 27.5 Å². The van der Waals surface area contributed by atoms with Crippen LogP contribution in [0.5, 0.6) is 0 Å². The molecular formula is C25H25F3N2O3. The Morgan fingerprint density at radius 1 is 0.939 bits per heavy atom. The molecule has 1 fully saturated rings. The van der Waals surface area contributed by atoms with Gasteiger partial charge in [-0.2, -0.15) is 13.2 Å². The Balaban J connectivity index is 1.86. The molecule has 2 unspecified atom stereocenters. The van der Waals surface area contributed by atoms with Gasteiger partial charge in [-0.3, -0.25) is 9.59 Å². The molecule has 2 amide bonds. The molecule has 33 heavy (non-hydrogen) atoms. The van der Waals surface area contributed by atoms with Crippen LogP contribution in [0.3, 0.4) is 0 Å². The number of hydrogen-bond acceptors (Lipinski definition) is 4. The average Bonchev–Trinajstić information content (AvgIpc) is 2.97. The number of anilines is 1. The predicted octanol–water partition coefficient (Wildman–Crippen LogP) is 4.72. The molecule has 0 radical (unpaired) electrons. The molecule has 0 aliphatic carbocycles. The topological polar surface area (TPSA) is 49.9 Å². The molecule has 2 aliphatic rings. The highest BCUT2D eigenvalue weighted by atomic mass is 19.4. The number of ether oxygens (including phenoxy) is 1. The maximum atomic E-state index is 13.6. The first-order valence-electron chi connectivity index (χ1n) is 10.8. The summed E-state index contributed by atoms with van der Waals surface area (Å²) in [5.74, 6) is -1.26. The second kappa shape index (κ2) is 8.33. The van der Waals surface area contributed by atoms with Crippen molar-refractivity contribution in [3.05, 3.63) is 70.4 Å². The monoisotopic (exact) mass is 458 g/mol. The van der Waals surface area contributed by atoms with Gasteiger partial charge in [0, 0.05) is 13.1 Å². The van der Waals surface area contributed by atoms with Crippen molar-refractivity contribution in [1.29, 1.82) is 0 Å². The standard InChI is InChI=1S/C25H25F3N2O3/c1-14-8-9-20(15(2)10-14)21-22(29-12-16(3)33-17(4)13-29)24(32)30(23(21)31)19-7-5-6-18(11-19)25(26,27)28/h5-11,16-17H,12-13H2,1-4H3. The Labute approximate surface area is 190 Å². The zero-order chi connectivity index (χ0) is 24.1. The van der Waals surface area contributed by atoms with Crippen LogP contribution in [0.1, 0.15) is 36.1 Å². The van der Waals surface area contributed by atoms with E-state index in [1.54, 1.807) is 6.07 Å². The van der Waals surface area contributed by atoms with E-state index in [1.165, 1.54) is 12.1 Å². The van der Waals surface area contributed by atoms with Gasteiger partial charge >= 0.3 is 6.18 Å². The molecular weight excluding hydrogens is 433 g/mol. The molecule has 0 saturated carbocycles. The minimum atomic E-state index is -4.59. The van der Waals surface area contributed by atoms with E-state index >= 15 is 0 Å². The summed E-state index contributed by atoms with van der Waals surface area (Å²) in [6, 6.07) is 9.85. The maximum absolute atomic E-state index is 13.6. The number of morpholine rings is 1. The highest BCUT2D eigenvalue weighted by Gasteiger charge is 2.44. The van der Waals surface area contributed by atoms with Crippen molar-refractivity contribution in [2.75, 3.05) is 18.0 Å². The van der Waals surface area contributed by atoms with E-state index in [-0.39, 0.29) is 29.2 Å². The number of hydrogen-bond donors (Lipinski definition) is 0. The molecule has 2 aromatic carbocycles. The fourth-order valence-corrected chi connectivity index (χ4v) is 4.56. The van der Waals surface area contributed by atoms with Gasteiger partial charge in [-0.05, 0) is 57.0 Å². The molecule has 0 aromatic heterocycles. The number of alkyl halides is 3. The van der Waals surface area contributed by atoms with Crippen LogP contribution >= 0.6 is 0 Å². The molecule has 0 bridgehead atoms. The van der Waals surface area contributed by atoms with Crippen molar-refractivity contribution in [2.24, 2.45) is 0 Å². The van der Waals surface area contributed by atoms with Crippen LogP contribution in [0.15, 0.2) is 48.2 Å². The normalized spacial score (nSPS) is 21.9. The Kier molecular flexibility index (Phi) is 5.82. The zero-order valence-electron chi connectivity index (χ0n) is 18.9. The van der Waals surface area contributed by atoms with Crippen LogP contribution in [-0.2, 0) is 20.5 Å². The fraction of sp³-hybridized carbons (Fsp3) is 0.360. The van der Waals surface area contributed by atoms with Crippen molar-refractivity contribution in [1.82, 2.24) is 4.90 Å². The van der Waals surface area contributed by atoms with Crippen molar-refractivity contribution in [3.8, 4) is 0 Å². The molecule has 2 atom stereocenters. The van der Waals surface area contributed by atoms with Gasteiger partial charge in [-0.25, -0.2) is 4.90 Å². The number of imide groups is 1. The third-order valence-corrected chi connectivity index (χ3v) is 5.88. The number of amides is 2. The molecule has 2 aromatic rings. The number of halogens is 3. The minimum Gasteiger partial charge on any atom is -0.372 e. The predicted molar refractivity (Wildman–Crippen MR) is 118 cm³/mol. The largest absolute Gasteiger partial charge is 0.416 e. The highest BCUT2D eigenvalue weighted by molar-refractivity contribution is 6.45. The molecule has 5 nitrogen and oxygen atoms in total. The second-order valence-electron chi connectivity index (χ2n) is 8.70. The molecule has 0 N–H and O–H groups in total. The van der Waals surface area contributed by atoms with Crippen LogP contribution in [0.4, 0.5) is 18.9 Å². The van der Waals surface area contributed by atoms with Crippen LogP contribution in [0, 0.1) is 13.8 Å². The highest BCUT2D eigenvalue weighted by Crippen LogP contribution is 2.39. The Morgan fingerprint density at radius 3 is 2.21 bits per heavy atom. The SMILES string of the molecule is Cc1ccc(C2=C(N3CC(C)OC(C)C3)C(=O)N(c3cccc(C(F)(F)F)c3)C2=O)c(C)c1. The van der Waals surface area contributed by atoms with E-state index in [2.05, 4.69) is 0 Å². The minimum absolute atomic E-state index is 0.105. The van der Waals surface area contributed by atoms with Gasteiger partial charge in [0.15, 0.2) is 0 Å². The smallest absolute Gasteiger partial charge is 0.372 e. The first-order chi connectivity index (χ1) is 15.5.